The first-order chi connectivity index (χ1) is 8.04. The van der Waals surface area contributed by atoms with Gasteiger partial charge < -0.3 is 5.32 Å². The molecule has 0 aliphatic carbocycles. The SMILES string of the molecule is CCCNC(=O)[C@@H](C)[S@](=O)Cc1ccc(Br)s1. The molecule has 2 atom stereocenters. The van der Waals surface area contributed by atoms with Crippen molar-refractivity contribution in [1.82, 2.24) is 5.32 Å². The van der Waals surface area contributed by atoms with Crippen molar-refractivity contribution in [3.63, 3.8) is 0 Å². The monoisotopic (exact) mass is 337 g/mol. The third kappa shape index (κ3) is 4.89. The third-order valence-corrected chi connectivity index (χ3v) is 5.63. The molecule has 0 saturated heterocycles. The van der Waals surface area contributed by atoms with Crippen molar-refractivity contribution >= 4 is 44.0 Å². The Morgan fingerprint density at radius 1 is 1.59 bits per heavy atom. The molecule has 1 aromatic heterocycles. The molecule has 0 aliphatic heterocycles. The summed E-state index contributed by atoms with van der Waals surface area (Å²) in [6.45, 7) is 4.35. The Labute approximate surface area is 117 Å². The fourth-order valence-corrected chi connectivity index (χ4v) is 4.02. The molecule has 1 amide bonds. The lowest BCUT2D eigenvalue weighted by Crippen LogP contribution is -2.36. The van der Waals surface area contributed by atoms with Gasteiger partial charge in [-0.1, -0.05) is 6.92 Å². The van der Waals surface area contributed by atoms with Crippen LogP contribution in [-0.4, -0.2) is 21.9 Å². The molecule has 0 fully saturated rings. The second kappa shape index (κ2) is 7.28. The summed E-state index contributed by atoms with van der Waals surface area (Å²) in [5, 5.41) is 2.31. The fraction of sp³-hybridized carbons (Fsp3) is 0.545. The van der Waals surface area contributed by atoms with Crippen molar-refractivity contribution in [2.45, 2.75) is 31.3 Å². The van der Waals surface area contributed by atoms with Gasteiger partial charge in [-0.25, -0.2) is 0 Å². The highest BCUT2D eigenvalue weighted by Crippen LogP contribution is 2.23. The van der Waals surface area contributed by atoms with Crippen LogP contribution in [0.1, 0.15) is 25.1 Å². The molecule has 3 nitrogen and oxygen atoms in total. The van der Waals surface area contributed by atoms with E-state index in [1.54, 1.807) is 18.3 Å². The van der Waals surface area contributed by atoms with E-state index in [9.17, 15) is 9.00 Å². The normalized spacial score (nSPS) is 14.3. The van der Waals surface area contributed by atoms with Gasteiger partial charge in [0.2, 0.25) is 5.91 Å². The third-order valence-electron chi connectivity index (χ3n) is 2.23. The summed E-state index contributed by atoms with van der Waals surface area (Å²) in [5.74, 6) is 0.317. The van der Waals surface area contributed by atoms with Crippen LogP contribution in [0.15, 0.2) is 15.9 Å². The highest BCUT2D eigenvalue weighted by molar-refractivity contribution is 9.11. The molecule has 0 radical (unpaired) electrons. The molecular formula is C11H16BrNO2S2. The quantitative estimate of drug-likeness (QED) is 0.867. The van der Waals surface area contributed by atoms with Crippen LogP contribution >= 0.6 is 27.3 Å². The first-order valence-corrected chi connectivity index (χ1v) is 8.42. The van der Waals surface area contributed by atoms with Gasteiger partial charge in [-0.05, 0) is 41.4 Å². The standard InChI is InChI=1S/C11H16BrNO2S2/c1-3-6-13-11(14)8(2)17(15)7-9-4-5-10(12)16-9/h4-5,8H,3,6-7H2,1-2H3,(H,13,14)/t8-,17-/m1/s1. The Bertz CT molecular complexity index is 406. The van der Waals surface area contributed by atoms with Crippen molar-refractivity contribution in [2.24, 2.45) is 0 Å². The van der Waals surface area contributed by atoms with Gasteiger partial charge in [0.05, 0.1) is 9.54 Å². The van der Waals surface area contributed by atoms with E-state index in [-0.39, 0.29) is 5.91 Å². The largest absolute Gasteiger partial charge is 0.355 e. The van der Waals surface area contributed by atoms with Crippen molar-refractivity contribution in [3.8, 4) is 0 Å². The van der Waals surface area contributed by atoms with Gasteiger partial charge in [-0.15, -0.1) is 11.3 Å². The minimum Gasteiger partial charge on any atom is -0.355 e. The van der Waals surface area contributed by atoms with E-state index in [2.05, 4.69) is 21.2 Å². The molecule has 0 bridgehead atoms. The Balaban J connectivity index is 2.49. The van der Waals surface area contributed by atoms with Crippen LogP contribution in [0.3, 0.4) is 0 Å². The number of thiophene rings is 1. The van der Waals surface area contributed by atoms with Crippen LogP contribution < -0.4 is 5.32 Å². The molecule has 1 aromatic rings. The number of carbonyl (C=O) groups excluding carboxylic acids is 1. The molecule has 0 spiro atoms. The number of carbonyl (C=O) groups is 1. The smallest absolute Gasteiger partial charge is 0.235 e. The first-order valence-electron chi connectivity index (χ1n) is 5.43. The van der Waals surface area contributed by atoms with E-state index in [1.807, 2.05) is 19.1 Å². The summed E-state index contributed by atoms with van der Waals surface area (Å²) in [7, 11) is -1.16. The summed E-state index contributed by atoms with van der Waals surface area (Å²) < 4.78 is 13.0. The van der Waals surface area contributed by atoms with Crippen molar-refractivity contribution in [2.75, 3.05) is 6.54 Å². The Morgan fingerprint density at radius 2 is 2.29 bits per heavy atom. The van der Waals surface area contributed by atoms with Crippen LogP contribution in [0.2, 0.25) is 0 Å². The maximum atomic E-state index is 12.0. The Hall–Kier alpha value is -0.200. The van der Waals surface area contributed by atoms with E-state index in [0.717, 1.165) is 15.1 Å². The second-order valence-corrected chi connectivity index (χ2v) is 7.97. The Kier molecular flexibility index (Phi) is 6.37. The molecule has 6 heteroatoms. The number of rotatable bonds is 6. The van der Waals surface area contributed by atoms with Gasteiger partial charge in [0.25, 0.3) is 0 Å². The van der Waals surface area contributed by atoms with E-state index >= 15 is 0 Å². The van der Waals surface area contributed by atoms with E-state index in [1.165, 1.54) is 0 Å². The van der Waals surface area contributed by atoms with Crippen LogP contribution in [0, 0.1) is 0 Å². The zero-order valence-electron chi connectivity index (χ0n) is 9.86. The van der Waals surface area contributed by atoms with E-state index in [4.69, 9.17) is 0 Å². The molecule has 0 aromatic carbocycles. The summed E-state index contributed by atoms with van der Waals surface area (Å²) in [6.07, 6.45) is 0.892. The minimum absolute atomic E-state index is 0.124. The van der Waals surface area contributed by atoms with E-state index < -0.39 is 16.0 Å². The Morgan fingerprint density at radius 3 is 2.82 bits per heavy atom. The molecule has 96 valence electrons. The van der Waals surface area contributed by atoms with Crippen molar-refractivity contribution in [1.29, 1.82) is 0 Å². The average Bonchev–Trinajstić information content (AvgIpc) is 2.70. The topological polar surface area (TPSA) is 46.2 Å². The van der Waals surface area contributed by atoms with Gasteiger partial charge in [-0.3, -0.25) is 9.00 Å². The highest BCUT2D eigenvalue weighted by Gasteiger charge is 2.20. The lowest BCUT2D eigenvalue weighted by molar-refractivity contribution is -0.120. The number of amides is 1. The van der Waals surface area contributed by atoms with Crippen molar-refractivity contribution < 1.29 is 9.00 Å². The second-order valence-electron chi connectivity index (χ2n) is 3.66. The van der Waals surface area contributed by atoms with Crippen LogP contribution in [-0.2, 0) is 21.3 Å². The molecule has 1 heterocycles. The fourth-order valence-electron chi connectivity index (χ4n) is 1.21. The molecule has 17 heavy (non-hydrogen) atoms. The number of hydrogen-bond donors (Lipinski definition) is 1. The van der Waals surface area contributed by atoms with Crippen molar-refractivity contribution in [3.05, 3.63) is 20.8 Å². The van der Waals surface area contributed by atoms with Gasteiger partial charge >= 0.3 is 0 Å². The van der Waals surface area contributed by atoms with Gasteiger partial charge in [0.1, 0.15) is 5.25 Å². The zero-order valence-corrected chi connectivity index (χ0v) is 13.1. The summed E-state index contributed by atoms with van der Waals surface area (Å²) in [5.41, 5.74) is 0. The van der Waals surface area contributed by atoms with Gasteiger partial charge in [0.15, 0.2) is 0 Å². The van der Waals surface area contributed by atoms with Crippen LogP contribution in [0.4, 0.5) is 0 Å². The van der Waals surface area contributed by atoms with Crippen LogP contribution in [0.5, 0.6) is 0 Å². The molecule has 0 aliphatic rings. The average molecular weight is 338 g/mol. The summed E-state index contributed by atoms with van der Waals surface area (Å²) in [6, 6.07) is 3.86. The summed E-state index contributed by atoms with van der Waals surface area (Å²) in [4.78, 5) is 12.7. The number of nitrogens with one attached hydrogen (secondary N) is 1. The summed E-state index contributed by atoms with van der Waals surface area (Å²) >= 11 is 4.92. The minimum atomic E-state index is -1.16. The van der Waals surface area contributed by atoms with Gasteiger partial charge in [0, 0.05) is 22.2 Å². The molecule has 1 rings (SSSR count). The lowest BCUT2D eigenvalue weighted by atomic mass is 10.4. The molecule has 1 N–H and O–H groups in total. The maximum absolute atomic E-state index is 12.0. The number of halogens is 1. The molecule has 0 saturated carbocycles. The maximum Gasteiger partial charge on any atom is 0.235 e. The predicted octanol–water partition coefficient (Wildman–Crippen LogP) is 2.67. The first kappa shape index (κ1) is 14.9. The van der Waals surface area contributed by atoms with E-state index in [0.29, 0.717) is 12.3 Å². The van der Waals surface area contributed by atoms with Gasteiger partial charge in [-0.2, -0.15) is 0 Å². The number of hydrogen-bond acceptors (Lipinski definition) is 3. The highest BCUT2D eigenvalue weighted by atomic mass is 79.9. The van der Waals surface area contributed by atoms with Crippen LogP contribution in [0.25, 0.3) is 0 Å². The lowest BCUT2D eigenvalue weighted by Gasteiger charge is -2.10. The zero-order chi connectivity index (χ0) is 12.8. The molecule has 0 unspecified atom stereocenters. The predicted molar refractivity (Wildman–Crippen MR) is 76.6 cm³/mol. The molecular weight excluding hydrogens is 322 g/mol.